The number of rotatable bonds is 5. The average molecular weight is 299 g/mol. The van der Waals surface area contributed by atoms with E-state index < -0.39 is 17.9 Å². The van der Waals surface area contributed by atoms with Crippen molar-refractivity contribution in [1.82, 2.24) is 10.8 Å². The van der Waals surface area contributed by atoms with Crippen LogP contribution in [0.4, 0.5) is 0 Å². The van der Waals surface area contributed by atoms with E-state index in [0.717, 1.165) is 16.7 Å². The van der Waals surface area contributed by atoms with Gasteiger partial charge in [0.05, 0.1) is 0 Å². The minimum atomic E-state index is -1.44. The summed E-state index contributed by atoms with van der Waals surface area (Å²) in [7, 11) is 0. The van der Waals surface area contributed by atoms with E-state index in [1.807, 2.05) is 54.6 Å². The molecule has 2 rings (SSSR count). The van der Waals surface area contributed by atoms with Crippen molar-refractivity contribution in [3.63, 3.8) is 0 Å². The molecule has 1 unspecified atom stereocenters. The molecule has 0 aliphatic carbocycles. The number of hydrogen-bond donors (Lipinski definition) is 4. The lowest BCUT2D eigenvalue weighted by Gasteiger charge is -2.11. The van der Waals surface area contributed by atoms with Crippen LogP contribution in [-0.4, -0.2) is 23.1 Å². The van der Waals surface area contributed by atoms with E-state index in [-0.39, 0.29) is 6.54 Å². The minimum absolute atomic E-state index is 0.242. The Kier molecular flexibility index (Phi) is 5.24. The fourth-order valence-corrected chi connectivity index (χ4v) is 1.98. The number of benzene rings is 2. The first kappa shape index (κ1) is 15.7. The zero-order valence-corrected chi connectivity index (χ0v) is 11.8. The summed E-state index contributed by atoms with van der Waals surface area (Å²) in [5, 5.41) is 11.0. The molecule has 5 N–H and O–H groups in total. The molecule has 0 radical (unpaired) electrons. The molecule has 22 heavy (non-hydrogen) atoms. The summed E-state index contributed by atoms with van der Waals surface area (Å²) in [5.74, 6) is -1.60. The van der Waals surface area contributed by atoms with Gasteiger partial charge in [-0.1, -0.05) is 48.5 Å². The highest BCUT2D eigenvalue weighted by Gasteiger charge is 2.21. The van der Waals surface area contributed by atoms with Gasteiger partial charge in [0.25, 0.3) is 5.91 Å². The third-order valence-corrected chi connectivity index (χ3v) is 3.18. The summed E-state index contributed by atoms with van der Waals surface area (Å²) in [5.41, 5.74) is 9.71. The average Bonchev–Trinajstić information content (AvgIpc) is 2.59. The molecule has 0 spiro atoms. The molecule has 1 atom stereocenters. The SMILES string of the molecule is NC(C(=O)NO)C(=O)NCc1cccc(-c2ccccc2)c1. The van der Waals surface area contributed by atoms with E-state index in [1.165, 1.54) is 5.48 Å². The molecule has 2 aromatic rings. The summed E-state index contributed by atoms with van der Waals surface area (Å²) < 4.78 is 0. The third-order valence-electron chi connectivity index (χ3n) is 3.18. The van der Waals surface area contributed by atoms with Gasteiger partial charge in [-0.25, -0.2) is 5.48 Å². The Morgan fingerprint density at radius 3 is 2.36 bits per heavy atom. The maximum absolute atomic E-state index is 11.7. The van der Waals surface area contributed by atoms with Crippen LogP contribution in [0.1, 0.15) is 5.56 Å². The van der Waals surface area contributed by atoms with Gasteiger partial charge in [0.1, 0.15) is 0 Å². The normalized spacial score (nSPS) is 11.5. The molecule has 0 aliphatic rings. The van der Waals surface area contributed by atoms with Gasteiger partial charge in [-0.3, -0.25) is 14.8 Å². The second kappa shape index (κ2) is 7.35. The van der Waals surface area contributed by atoms with Gasteiger partial charge in [-0.2, -0.15) is 0 Å². The largest absolute Gasteiger partial charge is 0.350 e. The van der Waals surface area contributed by atoms with Gasteiger partial charge >= 0.3 is 0 Å². The molecule has 6 nitrogen and oxygen atoms in total. The van der Waals surface area contributed by atoms with E-state index in [2.05, 4.69) is 5.32 Å². The molecule has 0 aliphatic heterocycles. The Labute approximate surface area is 127 Å². The van der Waals surface area contributed by atoms with Crippen molar-refractivity contribution in [2.75, 3.05) is 0 Å². The minimum Gasteiger partial charge on any atom is -0.350 e. The summed E-state index contributed by atoms with van der Waals surface area (Å²) in [4.78, 5) is 22.7. The van der Waals surface area contributed by atoms with Gasteiger partial charge in [-0.05, 0) is 22.8 Å². The second-order valence-electron chi connectivity index (χ2n) is 4.74. The highest BCUT2D eigenvalue weighted by Crippen LogP contribution is 2.19. The van der Waals surface area contributed by atoms with Crippen LogP contribution in [0, 0.1) is 0 Å². The topological polar surface area (TPSA) is 104 Å². The van der Waals surface area contributed by atoms with Crippen molar-refractivity contribution < 1.29 is 14.8 Å². The van der Waals surface area contributed by atoms with Crippen LogP contribution < -0.4 is 16.5 Å². The summed E-state index contributed by atoms with van der Waals surface area (Å²) in [6.45, 7) is 0.242. The van der Waals surface area contributed by atoms with Crippen molar-refractivity contribution in [1.29, 1.82) is 0 Å². The van der Waals surface area contributed by atoms with Gasteiger partial charge in [0.2, 0.25) is 5.91 Å². The van der Waals surface area contributed by atoms with E-state index in [9.17, 15) is 9.59 Å². The van der Waals surface area contributed by atoms with Crippen LogP contribution in [0.5, 0.6) is 0 Å². The van der Waals surface area contributed by atoms with Crippen molar-refractivity contribution in [3.05, 3.63) is 60.2 Å². The Morgan fingerprint density at radius 2 is 1.68 bits per heavy atom. The van der Waals surface area contributed by atoms with E-state index in [4.69, 9.17) is 10.9 Å². The van der Waals surface area contributed by atoms with Crippen LogP contribution in [-0.2, 0) is 16.1 Å². The second-order valence-corrected chi connectivity index (χ2v) is 4.74. The number of hydrogen-bond acceptors (Lipinski definition) is 4. The zero-order chi connectivity index (χ0) is 15.9. The molecule has 0 heterocycles. The Morgan fingerprint density at radius 1 is 1.00 bits per heavy atom. The summed E-state index contributed by atoms with van der Waals surface area (Å²) >= 11 is 0. The molecule has 0 aromatic heterocycles. The first-order valence-corrected chi connectivity index (χ1v) is 6.73. The van der Waals surface area contributed by atoms with E-state index in [1.54, 1.807) is 0 Å². The third kappa shape index (κ3) is 3.91. The fourth-order valence-electron chi connectivity index (χ4n) is 1.98. The zero-order valence-electron chi connectivity index (χ0n) is 11.8. The first-order chi connectivity index (χ1) is 10.6. The molecule has 0 fully saturated rings. The van der Waals surface area contributed by atoms with Crippen LogP contribution in [0.3, 0.4) is 0 Å². The number of nitrogens with two attached hydrogens (primary N) is 1. The summed E-state index contributed by atoms with van der Waals surface area (Å²) in [6.07, 6.45) is 0. The number of nitrogens with one attached hydrogen (secondary N) is 2. The predicted octanol–water partition coefficient (Wildman–Crippen LogP) is 0.803. The standard InChI is InChI=1S/C16H17N3O3/c17-14(16(21)19-22)15(20)18-10-11-5-4-8-13(9-11)12-6-2-1-3-7-12/h1-9,14,22H,10,17H2,(H,18,20)(H,19,21). The van der Waals surface area contributed by atoms with Gasteiger partial charge in [0, 0.05) is 6.54 Å². The van der Waals surface area contributed by atoms with Crippen molar-refractivity contribution in [3.8, 4) is 11.1 Å². The number of carbonyl (C=O) groups excluding carboxylic acids is 2. The number of hydroxylamine groups is 1. The van der Waals surface area contributed by atoms with Gasteiger partial charge < -0.3 is 11.1 Å². The molecular formula is C16H17N3O3. The molecule has 2 aromatic carbocycles. The van der Waals surface area contributed by atoms with Crippen molar-refractivity contribution in [2.24, 2.45) is 5.73 Å². The van der Waals surface area contributed by atoms with E-state index >= 15 is 0 Å². The lowest BCUT2D eigenvalue weighted by molar-refractivity contribution is -0.136. The van der Waals surface area contributed by atoms with E-state index in [0.29, 0.717) is 0 Å². The smallest absolute Gasteiger partial charge is 0.269 e. The van der Waals surface area contributed by atoms with Crippen LogP contribution in [0.15, 0.2) is 54.6 Å². The number of carbonyl (C=O) groups is 2. The Bertz CT molecular complexity index is 659. The van der Waals surface area contributed by atoms with Crippen LogP contribution in [0.25, 0.3) is 11.1 Å². The monoisotopic (exact) mass is 299 g/mol. The molecule has 6 heteroatoms. The molecule has 2 amide bonds. The molecule has 0 saturated carbocycles. The maximum Gasteiger partial charge on any atom is 0.269 e. The van der Waals surface area contributed by atoms with Crippen LogP contribution >= 0.6 is 0 Å². The summed E-state index contributed by atoms with van der Waals surface area (Å²) in [6, 6.07) is 16.1. The molecule has 0 saturated heterocycles. The molecular weight excluding hydrogens is 282 g/mol. The van der Waals surface area contributed by atoms with Gasteiger partial charge in [-0.15, -0.1) is 0 Å². The quantitative estimate of drug-likeness (QED) is 0.372. The first-order valence-electron chi connectivity index (χ1n) is 6.73. The van der Waals surface area contributed by atoms with Gasteiger partial charge in [0.15, 0.2) is 6.04 Å². The fraction of sp³-hybridized carbons (Fsp3) is 0.125. The highest BCUT2D eigenvalue weighted by atomic mass is 16.5. The lowest BCUT2D eigenvalue weighted by atomic mass is 10.0. The highest BCUT2D eigenvalue weighted by molar-refractivity contribution is 6.03. The number of amides is 2. The Hall–Kier alpha value is -2.70. The van der Waals surface area contributed by atoms with Crippen molar-refractivity contribution in [2.45, 2.75) is 12.6 Å². The predicted molar refractivity (Wildman–Crippen MR) is 81.6 cm³/mol. The lowest BCUT2D eigenvalue weighted by Crippen LogP contribution is -2.50. The van der Waals surface area contributed by atoms with Crippen molar-refractivity contribution >= 4 is 11.8 Å². The molecule has 0 bridgehead atoms. The molecule has 114 valence electrons. The maximum atomic E-state index is 11.7. The Balaban J connectivity index is 2.02. The van der Waals surface area contributed by atoms with Crippen LogP contribution in [0.2, 0.25) is 0 Å².